The molecule has 1 saturated carbocycles. The van der Waals surface area contributed by atoms with Gasteiger partial charge in [0.15, 0.2) is 11.5 Å². The molecule has 1 aromatic carbocycles. The SMILES string of the molecule is COc1ccc(C2CNC[C@]2(C)[C@@H](C)O)cc1OC1CCCC1. The van der Waals surface area contributed by atoms with E-state index in [0.29, 0.717) is 6.10 Å². The maximum atomic E-state index is 10.2. The first-order chi connectivity index (χ1) is 11.0. The highest BCUT2D eigenvalue weighted by Gasteiger charge is 2.43. The highest BCUT2D eigenvalue weighted by Crippen LogP contribution is 2.44. The lowest BCUT2D eigenvalue weighted by Gasteiger charge is -2.34. The van der Waals surface area contributed by atoms with Gasteiger partial charge in [0.25, 0.3) is 0 Å². The maximum Gasteiger partial charge on any atom is 0.161 e. The fourth-order valence-corrected chi connectivity index (χ4v) is 3.97. The summed E-state index contributed by atoms with van der Waals surface area (Å²) in [4.78, 5) is 0. The van der Waals surface area contributed by atoms with Crippen molar-refractivity contribution < 1.29 is 14.6 Å². The Hall–Kier alpha value is -1.26. The van der Waals surface area contributed by atoms with Crippen molar-refractivity contribution in [3.8, 4) is 11.5 Å². The number of rotatable bonds is 5. The summed E-state index contributed by atoms with van der Waals surface area (Å²) in [7, 11) is 1.69. The number of methoxy groups -OCH3 is 1. The van der Waals surface area contributed by atoms with Gasteiger partial charge >= 0.3 is 0 Å². The van der Waals surface area contributed by atoms with Crippen LogP contribution in [0.3, 0.4) is 0 Å². The van der Waals surface area contributed by atoms with Crippen LogP contribution in [0.25, 0.3) is 0 Å². The molecule has 4 heteroatoms. The third-order valence-corrected chi connectivity index (χ3v) is 5.79. The lowest BCUT2D eigenvalue weighted by molar-refractivity contribution is 0.0548. The summed E-state index contributed by atoms with van der Waals surface area (Å²) in [5.74, 6) is 1.92. The maximum absolute atomic E-state index is 10.2. The molecular formula is C19H29NO3. The molecule has 2 N–H and O–H groups in total. The van der Waals surface area contributed by atoms with Gasteiger partial charge in [0.2, 0.25) is 0 Å². The number of aliphatic hydroxyl groups is 1. The van der Waals surface area contributed by atoms with Crippen molar-refractivity contribution in [2.75, 3.05) is 20.2 Å². The second-order valence-corrected chi connectivity index (χ2v) is 7.30. The minimum absolute atomic E-state index is 0.154. The Morgan fingerprint density at radius 1 is 1.26 bits per heavy atom. The van der Waals surface area contributed by atoms with Crippen molar-refractivity contribution in [2.45, 2.75) is 57.7 Å². The minimum atomic E-state index is -0.358. The Morgan fingerprint density at radius 3 is 2.65 bits per heavy atom. The van der Waals surface area contributed by atoms with Crippen LogP contribution in [0.2, 0.25) is 0 Å². The molecule has 0 aromatic heterocycles. The first-order valence-electron chi connectivity index (χ1n) is 8.78. The van der Waals surface area contributed by atoms with Gasteiger partial charge in [0.05, 0.1) is 19.3 Å². The van der Waals surface area contributed by atoms with Crippen molar-refractivity contribution in [3.63, 3.8) is 0 Å². The van der Waals surface area contributed by atoms with E-state index in [1.54, 1.807) is 7.11 Å². The summed E-state index contributed by atoms with van der Waals surface area (Å²) in [6, 6.07) is 6.23. The summed E-state index contributed by atoms with van der Waals surface area (Å²) in [6.45, 7) is 5.76. The van der Waals surface area contributed by atoms with Crippen LogP contribution in [0.5, 0.6) is 11.5 Å². The standard InChI is InChI=1S/C19H29NO3/c1-13(21)19(2)12-20-11-16(19)14-8-9-17(22-3)18(10-14)23-15-6-4-5-7-15/h8-10,13,15-16,20-21H,4-7,11-12H2,1-3H3/t13-,16?,19-/m1/s1. The van der Waals surface area contributed by atoms with E-state index in [9.17, 15) is 5.11 Å². The largest absolute Gasteiger partial charge is 0.493 e. The summed E-state index contributed by atoms with van der Waals surface area (Å²) in [5.41, 5.74) is 1.06. The van der Waals surface area contributed by atoms with Gasteiger partial charge in [0, 0.05) is 24.4 Å². The van der Waals surface area contributed by atoms with Gasteiger partial charge in [-0.2, -0.15) is 0 Å². The van der Waals surface area contributed by atoms with Crippen LogP contribution in [0.15, 0.2) is 18.2 Å². The van der Waals surface area contributed by atoms with Crippen molar-refractivity contribution in [2.24, 2.45) is 5.41 Å². The van der Waals surface area contributed by atoms with Crippen LogP contribution in [0, 0.1) is 5.41 Å². The molecule has 1 aliphatic carbocycles. The normalized spacial score (nSPS) is 29.7. The first kappa shape index (κ1) is 16.6. The minimum Gasteiger partial charge on any atom is -0.493 e. The molecule has 3 rings (SSSR count). The van der Waals surface area contributed by atoms with Crippen LogP contribution < -0.4 is 14.8 Å². The zero-order valence-corrected chi connectivity index (χ0v) is 14.5. The number of aliphatic hydroxyl groups excluding tert-OH is 1. The average Bonchev–Trinajstić information content (AvgIpc) is 3.17. The van der Waals surface area contributed by atoms with Crippen LogP contribution in [0.4, 0.5) is 0 Å². The van der Waals surface area contributed by atoms with Gasteiger partial charge in [-0.05, 0) is 50.3 Å². The van der Waals surface area contributed by atoms with Gasteiger partial charge in [-0.1, -0.05) is 13.0 Å². The lowest BCUT2D eigenvalue weighted by atomic mass is 9.72. The molecule has 1 heterocycles. The Labute approximate surface area is 139 Å². The van der Waals surface area contributed by atoms with E-state index in [2.05, 4.69) is 24.4 Å². The van der Waals surface area contributed by atoms with Gasteiger partial charge in [0.1, 0.15) is 0 Å². The van der Waals surface area contributed by atoms with Crippen LogP contribution in [-0.2, 0) is 0 Å². The molecule has 1 aliphatic heterocycles. The molecule has 2 aliphatic rings. The molecule has 0 spiro atoms. The molecule has 1 unspecified atom stereocenters. The van der Waals surface area contributed by atoms with Crippen LogP contribution in [-0.4, -0.2) is 37.5 Å². The monoisotopic (exact) mass is 319 g/mol. The molecular weight excluding hydrogens is 290 g/mol. The van der Waals surface area contributed by atoms with E-state index >= 15 is 0 Å². The number of hydrogen-bond acceptors (Lipinski definition) is 4. The van der Waals surface area contributed by atoms with Crippen LogP contribution in [0.1, 0.15) is 51.0 Å². The first-order valence-corrected chi connectivity index (χ1v) is 8.78. The van der Waals surface area contributed by atoms with Crippen molar-refractivity contribution >= 4 is 0 Å². The van der Waals surface area contributed by atoms with E-state index in [0.717, 1.165) is 37.4 Å². The molecule has 2 fully saturated rings. The molecule has 0 bridgehead atoms. The zero-order chi connectivity index (χ0) is 16.4. The highest BCUT2D eigenvalue weighted by molar-refractivity contribution is 5.45. The Kier molecular flexibility index (Phi) is 4.83. The summed E-state index contributed by atoms with van der Waals surface area (Å²) >= 11 is 0. The molecule has 0 amide bonds. The van der Waals surface area contributed by atoms with Crippen molar-refractivity contribution in [1.29, 1.82) is 0 Å². The third kappa shape index (κ3) is 3.20. The predicted molar refractivity (Wildman–Crippen MR) is 91.3 cm³/mol. The number of nitrogens with one attached hydrogen (secondary N) is 1. The summed E-state index contributed by atoms with van der Waals surface area (Å²) < 4.78 is 11.7. The molecule has 1 saturated heterocycles. The van der Waals surface area contributed by atoms with E-state index < -0.39 is 0 Å². The molecule has 128 valence electrons. The fourth-order valence-electron chi connectivity index (χ4n) is 3.97. The quantitative estimate of drug-likeness (QED) is 0.876. The fraction of sp³-hybridized carbons (Fsp3) is 0.684. The molecule has 23 heavy (non-hydrogen) atoms. The number of benzene rings is 1. The Bertz CT molecular complexity index is 539. The van der Waals surface area contributed by atoms with E-state index in [1.165, 1.54) is 18.4 Å². The van der Waals surface area contributed by atoms with E-state index in [-0.39, 0.29) is 17.4 Å². The van der Waals surface area contributed by atoms with E-state index in [4.69, 9.17) is 9.47 Å². The highest BCUT2D eigenvalue weighted by atomic mass is 16.5. The van der Waals surface area contributed by atoms with E-state index in [1.807, 2.05) is 13.0 Å². The lowest BCUT2D eigenvalue weighted by Crippen LogP contribution is -2.36. The topological polar surface area (TPSA) is 50.7 Å². The van der Waals surface area contributed by atoms with Crippen molar-refractivity contribution in [1.82, 2.24) is 5.32 Å². The number of ether oxygens (including phenoxy) is 2. The summed E-state index contributed by atoms with van der Waals surface area (Å²) in [6.07, 6.45) is 4.71. The molecule has 1 aromatic rings. The molecule has 3 atom stereocenters. The Morgan fingerprint density at radius 2 is 2.00 bits per heavy atom. The van der Waals surface area contributed by atoms with Crippen molar-refractivity contribution in [3.05, 3.63) is 23.8 Å². The summed E-state index contributed by atoms with van der Waals surface area (Å²) in [5, 5.41) is 13.7. The third-order valence-electron chi connectivity index (χ3n) is 5.79. The zero-order valence-electron chi connectivity index (χ0n) is 14.5. The Balaban J connectivity index is 1.87. The van der Waals surface area contributed by atoms with Gasteiger partial charge in [-0.3, -0.25) is 0 Å². The molecule has 4 nitrogen and oxygen atoms in total. The molecule has 0 radical (unpaired) electrons. The number of hydrogen-bond donors (Lipinski definition) is 2. The van der Waals surface area contributed by atoms with Gasteiger partial charge < -0.3 is 19.9 Å². The second-order valence-electron chi connectivity index (χ2n) is 7.30. The second kappa shape index (κ2) is 6.70. The van der Waals surface area contributed by atoms with Crippen LogP contribution >= 0.6 is 0 Å². The van der Waals surface area contributed by atoms with Gasteiger partial charge in [-0.25, -0.2) is 0 Å². The smallest absolute Gasteiger partial charge is 0.161 e. The average molecular weight is 319 g/mol. The predicted octanol–water partition coefficient (Wildman–Crippen LogP) is 3.09. The van der Waals surface area contributed by atoms with Gasteiger partial charge in [-0.15, -0.1) is 0 Å².